The number of carbonyl (C=O) groups is 1. The van der Waals surface area contributed by atoms with Gasteiger partial charge < -0.3 is 40.3 Å². The van der Waals surface area contributed by atoms with Crippen LogP contribution in [0.1, 0.15) is 271 Å². The zero-order chi connectivity index (χ0) is 52.9. The highest BCUT2D eigenvalue weighted by atomic mass is 16.7. The molecule has 0 aromatic carbocycles. The Morgan fingerprint density at radius 3 is 1.32 bits per heavy atom. The Kier molecular flexibility index (Phi) is 49.9. The molecule has 0 bridgehead atoms. The third kappa shape index (κ3) is 42.4. The van der Waals surface area contributed by atoms with Crippen LogP contribution in [0.2, 0.25) is 0 Å². The predicted molar refractivity (Wildman–Crippen MR) is 309 cm³/mol. The third-order valence-corrected chi connectivity index (χ3v) is 14.3. The van der Waals surface area contributed by atoms with E-state index >= 15 is 0 Å². The molecule has 1 saturated heterocycles. The molecule has 73 heavy (non-hydrogen) atoms. The van der Waals surface area contributed by atoms with Crippen molar-refractivity contribution in [3.05, 3.63) is 72.9 Å². The SMILES string of the molecule is CC/C=C\C/C=C\C/C=C\C/C=C\CCCCCCCCCCCCCCCCCCCCCCCCCCC(=O)NC(COC1OC(CO)C(O)C(O)C1O)C(O)/C=C/CC/C=C/CCCCCCCCC. The van der Waals surface area contributed by atoms with Crippen LogP contribution in [-0.2, 0) is 14.3 Å². The van der Waals surface area contributed by atoms with Crippen molar-refractivity contribution in [2.75, 3.05) is 13.2 Å². The van der Waals surface area contributed by atoms with Crippen molar-refractivity contribution < 1.29 is 39.8 Å². The van der Waals surface area contributed by atoms with Crippen LogP contribution in [0, 0.1) is 0 Å². The van der Waals surface area contributed by atoms with Gasteiger partial charge in [-0.15, -0.1) is 0 Å². The zero-order valence-electron chi connectivity index (χ0n) is 47.1. The van der Waals surface area contributed by atoms with E-state index in [0.29, 0.717) is 6.42 Å². The molecule has 0 aromatic rings. The smallest absolute Gasteiger partial charge is 0.220 e. The molecule has 1 aliphatic rings. The quantitative estimate of drug-likeness (QED) is 0.0261. The first-order valence-corrected chi connectivity index (χ1v) is 30.7. The van der Waals surface area contributed by atoms with Crippen LogP contribution in [0.15, 0.2) is 72.9 Å². The summed E-state index contributed by atoms with van der Waals surface area (Å²) >= 11 is 0. The van der Waals surface area contributed by atoms with Crippen LogP contribution in [0.5, 0.6) is 0 Å². The second kappa shape index (κ2) is 53.0. The van der Waals surface area contributed by atoms with Crippen molar-refractivity contribution in [3.8, 4) is 0 Å². The molecule has 1 aliphatic heterocycles. The number of nitrogens with one attached hydrogen (secondary N) is 1. The molecule has 1 fully saturated rings. The number of amides is 1. The number of aliphatic hydroxyl groups is 5. The Morgan fingerprint density at radius 2 is 0.863 bits per heavy atom. The van der Waals surface area contributed by atoms with Crippen molar-refractivity contribution in [1.82, 2.24) is 5.32 Å². The fraction of sp³-hybridized carbons (Fsp3) is 0.797. The zero-order valence-corrected chi connectivity index (χ0v) is 47.1. The number of carbonyl (C=O) groups excluding carboxylic acids is 1. The molecule has 7 atom stereocenters. The van der Waals surface area contributed by atoms with Gasteiger partial charge in [-0.3, -0.25) is 4.79 Å². The Bertz CT molecular complexity index is 1380. The van der Waals surface area contributed by atoms with Crippen molar-refractivity contribution in [3.63, 3.8) is 0 Å². The van der Waals surface area contributed by atoms with Gasteiger partial charge in [-0.2, -0.15) is 0 Å². The van der Waals surface area contributed by atoms with E-state index < -0.39 is 49.5 Å². The lowest BCUT2D eigenvalue weighted by Crippen LogP contribution is -2.60. The molecule has 1 heterocycles. The molecule has 0 spiro atoms. The maximum Gasteiger partial charge on any atom is 0.220 e. The second-order valence-electron chi connectivity index (χ2n) is 21.1. The van der Waals surface area contributed by atoms with Crippen LogP contribution in [0.4, 0.5) is 0 Å². The summed E-state index contributed by atoms with van der Waals surface area (Å²) in [5.41, 5.74) is 0. The van der Waals surface area contributed by atoms with E-state index in [-0.39, 0.29) is 12.5 Å². The van der Waals surface area contributed by atoms with Crippen molar-refractivity contribution >= 4 is 5.91 Å². The fourth-order valence-corrected chi connectivity index (χ4v) is 9.46. The molecule has 7 unspecified atom stereocenters. The van der Waals surface area contributed by atoms with E-state index in [4.69, 9.17) is 9.47 Å². The minimum atomic E-state index is -1.57. The van der Waals surface area contributed by atoms with Gasteiger partial charge in [-0.25, -0.2) is 0 Å². The lowest BCUT2D eigenvalue weighted by atomic mass is 9.99. The van der Waals surface area contributed by atoms with Gasteiger partial charge in [0, 0.05) is 6.42 Å². The first-order chi connectivity index (χ1) is 35.8. The van der Waals surface area contributed by atoms with Gasteiger partial charge in [0.05, 0.1) is 25.4 Å². The molecular formula is C64H115NO8. The lowest BCUT2D eigenvalue weighted by Gasteiger charge is -2.40. The molecular weight excluding hydrogens is 911 g/mol. The van der Waals surface area contributed by atoms with E-state index in [0.717, 1.165) is 64.2 Å². The standard InChI is InChI=1S/C64H115NO8/c1-3-5-7-9-11-13-15-17-18-19-20-21-22-23-24-25-26-27-28-29-30-31-32-33-34-35-36-37-38-39-40-42-44-46-48-50-52-54-60(68)65-57(56-72-64-63(71)62(70)61(69)59(55-66)73-64)58(67)53-51-49-47-45-43-41-16-14-12-10-8-6-4-2/h5,7,11,13,17-18,20-21,43,45,51,53,57-59,61-64,66-67,69-71H,3-4,6,8-10,12,14-16,19,22-42,44,46-50,52,54-56H2,1-2H3,(H,65,68)/b7-5-,13-11-,18-17-,21-20-,45-43+,53-51+. The predicted octanol–water partition coefficient (Wildman–Crippen LogP) is 15.6. The summed E-state index contributed by atoms with van der Waals surface area (Å²) in [7, 11) is 0. The summed E-state index contributed by atoms with van der Waals surface area (Å²) in [6.45, 7) is 3.65. The topological polar surface area (TPSA) is 149 Å². The minimum absolute atomic E-state index is 0.185. The van der Waals surface area contributed by atoms with Gasteiger partial charge in [-0.05, 0) is 70.6 Å². The number of unbranched alkanes of at least 4 members (excludes halogenated alkanes) is 32. The van der Waals surface area contributed by atoms with Gasteiger partial charge in [0.2, 0.25) is 5.91 Å². The van der Waals surface area contributed by atoms with Crippen molar-refractivity contribution in [2.24, 2.45) is 0 Å². The minimum Gasteiger partial charge on any atom is -0.394 e. The highest BCUT2D eigenvalue weighted by molar-refractivity contribution is 5.76. The number of hydrogen-bond donors (Lipinski definition) is 6. The number of hydrogen-bond acceptors (Lipinski definition) is 8. The number of ether oxygens (including phenoxy) is 2. The highest BCUT2D eigenvalue weighted by Crippen LogP contribution is 2.23. The Morgan fingerprint density at radius 1 is 0.479 bits per heavy atom. The summed E-state index contributed by atoms with van der Waals surface area (Å²) in [5.74, 6) is -0.185. The Balaban J connectivity index is 2.07. The monoisotopic (exact) mass is 1030 g/mol. The van der Waals surface area contributed by atoms with Crippen LogP contribution in [0.25, 0.3) is 0 Å². The largest absolute Gasteiger partial charge is 0.394 e. The fourth-order valence-electron chi connectivity index (χ4n) is 9.46. The molecule has 1 rings (SSSR count). The number of rotatable bonds is 52. The third-order valence-electron chi connectivity index (χ3n) is 14.3. The normalized spacial score (nSPS) is 19.6. The van der Waals surface area contributed by atoms with Gasteiger partial charge in [0.15, 0.2) is 6.29 Å². The molecule has 424 valence electrons. The van der Waals surface area contributed by atoms with Crippen molar-refractivity contribution in [2.45, 2.75) is 314 Å². The molecule has 0 radical (unpaired) electrons. The summed E-state index contributed by atoms with van der Waals surface area (Å²) in [6, 6.07) is -0.821. The molecule has 9 nitrogen and oxygen atoms in total. The van der Waals surface area contributed by atoms with Crippen LogP contribution in [-0.4, -0.2) is 87.5 Å². The van der Waals surface area contributed by atoms with E-state index in [1.165, 1.54) is 186 Å². The lowest BCUT2D eigenvalue weighted by molar-refractivity contribution is -0.302. The summed E-state index contributed by atoms with van der Waals surface area (Å²) < 4.78 is 11.2. The molecule has 0 aromatic heterocycles. The Labute approximate surface area is 448 Å². The average molecular weight is 1030 g/mol. The van der Waals surface area contributed by atoms with Crippen LogP contribution < -0.4 is 5.32 Å². The molecule has 1 amide bonds. The average Bonchev–Trinajstić information content (AvgIpc) is 3.39. The van der Waals surface area contributed by atoms with Gasteiger partial charge >= 0.3 is 0 Å². The maximum atomic E-state index is 13.0. The molecule has 6 N–H and O–H groups in total. The summed E-state index contributed by atoms with van der Waals surface area (Å²) in [4.78, 5) is 13.0. The first kappa shape index (κ1) is 68.6. The first-order valence-electron chi connectivity index (χ1n) is 30.7. The highest BCUT2D eigenvalue weighted by Gasteiger charge is 2.44. The van der Waals surface area contributed by atoms with Gasteiger partial charge in [0.25, 0.3) is 0 Å². The van der Waals surface area contributed by atoms with Crippen molar-refractivity contribution in [1.29, 1.82) is 0 Å². The van der Waals surface area contributed by atoms with E-state index in [1.54, 1.807) is 6.08 Å². The van der Waals surface area contributed by atoms with Crippen LogP contribution in [0.3, 0.4) is 0 Å². The van der Waals surface area contributed by atoms with Gasteiger partial charge in [0.1, 0.15) is 24.4 Å². The molecule has 9 heteroatoms. The molecule has 0 aliphatic carbocycles. The Hall–Kier alpha value is -2.37. The maximum absolute atomic E-state index is 13.0. The number of aliphatic hydroxyl groups excluding tert-OH is 5. The summed E-state index contributed by atoms with van der Waals surface area (Å²) in [6.07, 6.45) is 67.2. The molecule has 0 saturated carbocycles. The number of allylic oxidation sites excluding steroid dienone is 11. The van der Waals surface area contributed by atoms with E-state index in [9.17, 15) is 30.3 Å². The van der Waals surface area contributed by atoms with E-state index in [2.05, 4.69) is 79.9 Å². The van der Waals surface area contributed by atoms with Gasteiger partial charge in [-0.1, -0.05) is 267 Å². The summed E-state index contributed by atoms with van der Waals surface area (Å²) in [5, 5.41) is 54.4. The second-order valence-corrected chi connectivity index (χ2v) is 21.1. The van der Waals surface area contributed by atoms with Crippen LogP contribution >= 0.6 is 0 Å². The van der Waals surface area contributed by atoms with E-state index in [1.807, 2.05) is 6.08 Å².